The van der Waals surface area contributed by atoms with Crippen molar-refractivity contribution in [2.24, 2.45) is 10.9 Å². The number of nitrogens with zero attached hydrogens (tertiary/aromatic N) is 4. The lowest BCUT2D eigenvalue weighted by molar-refractivity contribution is -0.143. The molecule has 2 saturated heterocycles. The summed E-state index contributed by atoms with van der Waals surface area (Å²) in [5, 5.41) is 15.0. The highest BCUT2D eigenvalue weighted by Crippen LogP contribution is 2.45. The third-order valence-electron chi connectivity index (χ3n) is 9.46. The summed E-state index contributed by atoms with van der Waals surface area (Å²) in [6.45, 7) is 3.43. The van der Waals surface area contributed by atoms with Crippen LogP contribution in [0.5, 0.6) is 0 Å². The van der Waals surface area contributed by atoms with Crippen LogP contribution in [0, 0.1) is 18.7 Å². The average molecular weight is 632 g/mol. The summed E-state index contributed by atoms with van der Waals surface area (Å²) in [6, 6.07) is 2.13. The molecule has 3 fully saturated rings. The molecule has 1 aliphatic carbocycles. The van der Waals surface area contributed by atoms with Gasteiger partial charge in [-0.1, -0.05) is 12.1 Å². The number of aromatic nitrogens is 1. The van der Waals surface area contributed by atoms with Gasteiger partial charge < -0.3 is 15.2 Å². The van der Waals surface area contributed by atoms with Crippen LogP contribution in [-0.2, 0) is 14.3 Å². The molecule has 1 unspecified atom stereocenters. The van der Waals surface area contributed by atoms with Crippen molar-refractivity contribution in [2.75, 3.05) is 26.2 Å². The van der Waals surface area contributed by atoms with E-state index in [-0.39, 0.29) is 24.8 Å². The minimum absolute atomic E-state index is 0.0136. The number of aliphatic carboxylic acids is 1. The van der Waals surface area contributed by atoms with Crippen LogP contribution in [0.3, 0.4) is 0 Å². The predicted octanol–water partition coefficient (Wildman–Crippen LogP) is 4.54. The maximum Gasteiger partial charge on any atom is 0.338 e. The fraction of sp³-hybridized carbons (Fsp3) is 0.548. The molecule has 2 N–H and O–H groups in total. The van der Waals surface area contributed by atoms with E-state index in [0.29, 0.717) is 66.3 Å². The molecule has 0 amide bonds. The summed E-state index contributed by atoms with van der Waals surface area (Å²) in [5.41, 5.74) is 1.36. The summed E-state index contributed by atoms with van der Waals surface area (Å²) in [5.74, 6) is -4.95. The molecule has 1 aromatic heterocycles. The van der Waals surface area contributed by atoms with E-state index in [1.165, 1.54) is 17.4 Å². The fourth-order valence-corrected chi connectivity index (χ4v) is 7.98. The third kappa shape index (κ3) is 5.65. The Hall–Kier alpha value is -3.29. The summed E-state index contributed by atoms with van der Waals surface area (Å²) in [4.78, 5) is 37.8. The van der Waals surface area contributed by atoms with Gasteiger partial charge >= 0.3 is 11.9 Å². The number of carboxylic acid groups (broad SMARTS) is 1. The first-order valence-electron chi connectivity index (χ1n) is 15.1. The first-order chi connectivity index (χ1) is 21.1. The van der Waals surface area contributed by atoms with E-state index in [2.05, 4.69) is 10.3 Å². The number of alkyl halides is 2. The smallest absolute Gasteiger partial charge is 0.338 e. The number of fused-ring (bicyclic) bond motifs is 1. The van der Waals surface area contributed by atoms with Crippen molar-refractivity contribution >= 4 is 29.1 Å². The molecular weight excluding hydrogens is 595 g/mol. The second kappa shape index (κ2) is 12.2. The van der Waals surface area contributed by atoms with Crippen LogP contribution in [0.2, 0.25) is 0 Å². The Morgan fingerprint density at radius 1 is 1.20 bits per heavy atom. The largest absolute Gasteiger partial charge is 0.481 e. The highest BCUT2D eigenvalue weighted by Gasteiger charge is 2.60. The number of aliphatic imine (C=N–C) groups is 1. The molecule has 1 aromatic carbocycles. The van der Waals surface area contributed by atoms with Gasteiger partial charge in [-0.15, -0.1) is 11.3 Å². The van der Waals surface area contributed by atoms with E-state index in [9.17, 15) is 19.1 Å². The number of hydrogen-bond donors (Lipinski definition) is 2. The fourth-order valence-electron chi connectivity index (χ4n) is 7.39. The third-order valence-corrected chi connectivity index (χ3v) is 10.2. The number of halogens is 3. The number of ether oxygens (including phenoxy) is 1. The highest BCUT2D eigenvalue weighted by atomic mass is 32.1. The number of carboxylic acids is 1. The zero-order valence-electron chi connectivity index (χ0n) is 24.6. The van der Waals surface area contributed by atoms with Gasteiger partial charge in [-0.2, -0.15) is 0 Å². The first kappa shape index (κ1) is 30.7. The Morgan fingerprint density at radius 3 is 2.66 bits per heavy atom. The van der Waals surface area contributed by atoms with Gasteiger partial charge in [0.05, 0.1) is 30.7 Å². The number of thiazole rings is 1. The maximum atomic E-state index is 15.9. The van der Waals surface area contributed by atoms with Gasteiger partial charge in [0.25, 0.3) is 5.92 Å². The Bertz CT molecular complexity index is 1470. The first-order valence-corrected chi connectivity index (χ1v) is 16.0. The number of benzene rings is 1. The molecule has 6 rings (SSSR count). The zero-order valence-corrected chi connectivity index (χ0v) is 25.5. The Balaban J connectivity index is 1.34. The summed E-state index contributed by atoms with van der Waals surface area (Å²) < 4.78 is 51.9. The lowest BCUT2D eigenvalue weighted by Crippen LogP contribution is -2.50. The second-order valence-electron chi connectivity index (χ2n) is 12.0. The van der Waals surface area contributed by atoms with Crippen molar-refractivity contribution in [3.8, 4) is 0 Å². The molecule has 1 saturated carbocycles. The molecule has 0 radical (unpaired) electrons. The number of rotatable bonds is 8. The van der Waals surface area contributed by atoms with Crippen molar-refractivity contribution in [3.63, 3.8) is 0 Å². The van der Waals surface area contributed by atoms with Crippen LogP contribution < -0.4 is 5.32 Å². The van der Waals surface area contributed by atoms with Crippen molar-refractivity contribution in [3.05, 3.63) is 63.0 Å². The molecule has 0 spiro atoms. The SMILES string of the molecule is CCOC(=O)C1=C(CN2CC(F)(F)[C@H]3C2CCN3C2CCC(C(=O)O)CC2)NC(c2nccs2)=N[C@H]1c1cccc(F)c1C. The minimum atomic E-state index is -3.01. The molecule has 3 atom stereocenters. The molecule has 3 aliphatic heterocycles. The van der Waals surface area contributed by atoms with E-state index < -0.39 is 54.3 Å². The molecule has 0 bridgehead atoms. The number of carbonyl (C=O) groups excluding carboxylic acids is 1. The van der Waals surface area contributed by atoms with E-state index in [0.717, 1.165) is 0 Å². The van der Waals surface area contributed by atoms with Gasteiger partial charge in [0.15, 0.2) is 10.8 Å². The molecule has 9 nitrogen and oxygen atoms in total. The zero-order chi connectivity index (χ0) is 31.2. The number of esters is 1. The van der Waals surface area contributed by atoms with Crippen molar-refractivity contribution in [2.45, 2.75) is 76.0 Å². The molecule has 2 aromatic rings. The van der Waals surface area contributed by atoms with Gasteiger partial charge in [-0.3, -0.25) is 19.6 Å². The monoisotopic (exact) mass is 631 g/mol. The van der Waals surface area contributed by atoms with Gasteiger partial charge in [0.2, 0.25) is 0 Å². The lowest BCUT2D eigenvalue weighted by Gasteiger charge is -2.38. The average Bonchev–Trinajstić information content (AvgIpc) is 3.74. The minimum Gasteiger partial charge on any atom is -0.481 e. The van der Waals surface area contributed by atoms with Gasteiger partial charge in [-0.25, -0.2) is 22.9 Å². The molecule has 236 valence electrons. The molecule has 4 aliphatic rings. The van der Waals surface area contributed by atoms with Crippen LogP contribution in [-0.4, -0.2) is 88.0 Å². The number of nitrogens with one attached hydrogen (secondary N) is 1. The predicted molar refractivity (Wildman–Crippen MR) is 158 cm³/mol. The molecule has 44 heavy (non-hydrogen) atoms. The number of likely N-dealkylation sites (tertiary alicyclic amines) is 2. The molecular formula is C31H36F3N5O4S. The number of hydrogen-bond acceptors (Lipinski definition) is 9. The van der Waals surface area contributed by atoms with Crippen molar-refractivity contribution in [1.29, 1.82) is 0 Å². The van der Waals surface area contributed by atoms with Gasteiger partial charge in [0.1, 0.15) is 11.9 Å². The van der Waals surface area contributed by atoms with Crippen LogP contribution in [0.25, 0.3) is 0 Å². The van der Waals surface area contributed by atoms with Gasteiger partial charge in [0, 0.05) is 42.4 Å². The molecule has 4 heterocycles. The highest BCUT2D eigenvalue weighted by molar-refractivity contribution is 7.11. The van der Waals surface area contributed by atoms with E-state index in [1.54, 1.807) is 42.5 Å². The Kier molecular flexibility index (Phi) is 8.55. The topological polar surface area (TPSA) is 107 Å². The summed E-state index contributed by atoms with van der Waals surface area (Å²) >= 11 is 1.34. The van der Waals surface area contributed by atoms with Crippen LogP contribution >= 0.6 is 11.3 Å². The van der Waals surface area contributed by atoms with Crippen LogP contribution in [0.4, 0.5) is 13.2 Å². The lowest BCUT2D eigenvalue weighted by atomic mass is 9.85. The summed E-state index contributed by atoms with van der Waals surface area (Å²) in [7, 11) is 0. The normalized spacial score (nSPS) is 28.8. The standard InChI is InChI=1S/C31H36F3N5O4S/c1-3-43-30(42)24-22(36-27(28-35-12-14-44-28)37-25(24)20-5-4-6-21(32)17(20)2)15-38-16-31(33,34)26-23(38)11-13-39(26)19-9-7-18(8-10-19)29(40)41/h4-6,12,14,18-19,23,25-26H,3,7-11,13,15-16H2,1-2H3,(H,36,37)(H,40,41)/t18?,19?,23?,25-,26+/m0/s1. The van der Waals surface area contributed by atoms with Crippen LogP contribution in [0.15, 0.2) is 46.0 Å². The van der Waals surface area contributed by atoms with Crippen LogP contribution in [0.1, 0.15) is 61.2 Å². The Labute approximate surface area is 257 Å². The van der Waals surface area contributed by atoms with Crippen molar-refractivity contribution in [1.82, 2.24) is 20.1 Å². The number of carbonyl (C=O) groups is 2. The van der Waals surface area contributed by atoms with E-state index in [1.807, 2.05) is 4.90 Å². The quantitative estimate of drug-likeness (QED) is 0.410. The Morgan fingerprint density at radius 2 is 1.98 bits per heavy atom. The second-order valence-corrected chi connectivity index (χ2v) is 12.9. The van der Waals surface area contributed by atoms with E-state index in [4.69, 9.17) is 9.73 Å². The number of amidine groups is 1. The molecule has 13 heteroatoms. The van der Waals surface area contributed by atoms with Gasteiger partial charge in [-0.05, 0) is 63.1 Å². The van der Waals surface area contributed by atoms with E-state index >= 15 is 8.78 Å². The summed E-state index contributed by atoms with van der Waals surface area (Å²) in [6.07, 6.45) is 4.29. The van der Waals surface area contributed by atoms with Crippen molar-refractivity contribution < 1.29 is 32.6 Å². The maximum absolute atomic E-state index is 15.9.